The molecule has 0 unspecified atom stereocenters. The Hall–Kier alpha value is -4.13. The van der Waals surface area contributed by atoms with Crippen LogP contribution in [-0.2, 0) is 27.5 Å². The molecule has 3 aromatic rings. The Morgan fingerprint density at radius 2 is 1.61 bits per heavy atom. The Kier molecular flexibility index (Phi) is 12.6. The molecular weight excluding hydrogens is 530 g/mol. The molecule has 0 aliphatic rings. The molecule has 0 radical (unpaired) electrons. The molecule has 0 aliphatic carbocycles. The second kappa shape index (κ2) is 15.6. The monoisotopic (exact) mass is 569 g/mol. The number of hydrogen-bond donors (Lipinski definition) is 4. The van der Waals surface area contributed by atoms with Crippen molar-refractivity contribution in [3.05, 3.63) is 77.4 Å². The fourth-order valence-electron chi connectivity index (χ4n) is 4.40. The van der Waals surface area contributed by atoms with Crippen molar-refractivity contribution in [1.82, 2.24) is 24.6 Å². The first-order chi connectivity index (χ1) is 19.3. The van der Waals surface area contributed by atoms with Gasteiger partial charge in [0.15, 0.2) is 5.60 Å². The molecule has 12 nitrogen and oxygen atoms in total. The topological polar surface area (TPSA) is 169 Å². The summed E-state index contributed by atoms with van der Waals surface area (Å²) in [5.74, 6) is -5.02. The predicted molar refractivity (Wildman–Crippen MR) is 152 cm³/mol. The van der Waals surface area contributed by atoms with Gasteiger partial charge in [0, 0.05) is 38.2 Å². The van der Waals surface area contributed by atoms with E-state index < -0.39 is 36.4 Å². The minimum atomic E-state index is -2.74. The van der Waals surface area contributed by atoms with E-state index in [0.29, 0.717) is 0 Å². The minimum Gasteiger partial charge on any atom is -0.481 e. The number of pyridine rings is 1. The molecule has 0 aliphatic heterocycles. The van der Waals surface area contributed by atoms with E-state index in [-0.39, 0.29) is 0 Å². The van der Waals surface area contributed by atoms with Gasteiger partial charge in [0.1, 0.15) is 0 Å². The number of carboxylic acid groups (broad SMARTS) is 3. The van der Waals surface area contributed by atoms with Crippen molar-refractivity contribution in [1.29, 1.82) is 0 Å². The van der Waals surface area contributed by atoms with E-state index >= 15 is 0 Å². The highest BCUT2D eigenvalue weighted by molar-refractivity contribution is 5.88. The second-order valence-electron chi connectivity index (χ2n) is 10.2. The number of carbonyl (C=O) groups is 3. The van der Waals surface area contributed by atoms with Crippen LogP contribution in [0, 0.1) is 13.8 Å². The zero-order valence-electron chi connectivity index (χ0n) is 23.9. The molecule has 0 spiro atoms. The number of aryl methyl sites for hydroxylation is 2. The van der Waals surface area contributed by atoms with E-state index in [1.807, 2.05) is 35.4 Å². The number of aromatic nitrogens is 3. The Bertz CT molecular complexity index is 1260. The largest absolute Gasteiger partial charge is 0.481 e. The van der Waals surface area contributed by atoms with E-state index in [1.165, 1.54) is 22.4 Å². The molecule has 222 valence electrons. The van der Waals surface area contributed by atoms with Gasteiger partial charge in [-0.1, -0.05) is 23.8 Å². The number of rotatable bonds is 14. The van der Waals surface area contributed by atoms with Gasteiger partial charge in [0.2, 0.25) is 0 Å². The minimum absolute atomic E-state index is 0.847. The molecule has 2 heterocycles. The van der Waals surface area contributed by atoms with Crippen molar-refractivity contribution in [3.8, 4) is 5.69 Å². The lowest BCUT2D eigenvalue weighted by Gasteiger charge is -2.25. The summed E-state index contributed by atoms with van der Waals surface area (Å²) in [5, 5.41) is 38.3. The molecule has 12 heteroatoms. The lowest BCUT2D eigenvalue weighted by Crippen LogP contribution is -2.42. The molecule has 41 heavy (non-hydrogen) atoms. The summed E-state index contributed by atoms with van der Waals surface area (Å²) in [5.41, 5.74) is 3.41. The summed E-state index contributed by atoms with van der Waals surface area (Å²) in [6, 6.07) is 12.6. The predicted octanol–water partition coefficient (Wildman–Crippen LogP) is 2.59. The van der Waals surface area contributed by atoms with E-state index in [0.717, 1.165) is 38.3 Å². The van der Waals surface area contributed by atoms with Crippen molar-refractivity contribution in [3.63, 3.8) is 0 Å². The molecule has 0 atom stereocenters. The van der Waals surface area contributed by atoms with Crippen LogP contribution in [0.15, 0.2) is 55.0 Å². The quantitative estimate of drug-likeness (QED) is 0.225. The Morgan fingerprint density at radius 3 is 2.12 bits per heavy atom. The normalized spacial score (nSPS) is 11.3. The van der Waals surface area contributed by atoms with Crippen LogP contribution in [0.1, 0.15) is 41.6 Å². The van der Waals surface area contributed by atoms with E-state index in [2.05, 4.69) is 72.1 Å². The highest BCUT2D eigenvalue weighted by atomic mass is 16.4. The van der Waals surface area contributed by atoms with Gasteiger partial charge in [-0.2, -0.15) is 5.10 Å². The molecule has 0 saturated carbocycles. The summed E-state index contributed by atoms with van der Waals surface area (Å²) < 4.78 is 1.99. The van der Waals surface area contributed by atoms with Crippen LogP contribution in [0.5, 0.6) is 0 Å². The van der Waals surface area contributed by atoms with E-state index in [1.54, 1.807) is 0 Å². The van der Waals surface area contributed by atoms with Gasteiger partial charge in [0.05, 0.1) is 24.2 Å². The van der Waals surface area contributed by atoms with Crippen molar-refractivity contribution < 1.29 is 34.8 Å². The summed E-state index contributed by atoms with van der Waals surface area (Å²) in [6.45, 7) is 8.17. The highest BCUT2D eigenvalue weighted by Crippen LogP contribution is 2.23. The maximum Gasteiger partial charge on any atom is 0.336 e. The third kappa shape index (κ3) is 11.1. The van der Waals surface area contributed by atoms with Gasteiger partial charge in [0.25, 0.3) is 0 Å². The van der Waals surface area contributed by atoms with E-state index in [9.17, 15) is 14.4 Å². The average molecular weight is 570 g/mol. The van der Waals surface area contributed by atoms with Gasteiger partial charge in [-0.25, -0.2) is 9.48 Å². The summed E-state index contributed by atoms with van der Waals surface area (Å²) >= 11 is 0. The fourth-order valence-corrected chi connectivity index (χ4v) is 4.40. The van der Waals surface area contributed by atoms with Gasteiger partial charge in [-0.05, 0) is 70.2 Å². The molecule has 0 fully saturated rings. The van der Waals surface area contributed by atoms with Crippen molar-refractivity contribution >= 4 is 17.9 Å². The standard InChI is InChI=1S/C23H31N5.C6H8O7/c1-19-15-20(2)23(28-14-7-11-25-28)21(16-19)17-27(13-8-12-26(3)4)18-22-9-5-6-10-24-22;7-3(8)1-6(13,5(11)12)2-4(9)10/h5-7,9-11,14-16H,8,12-13,17-18H2,1-4H3;13H,1-2H2,(H,7,8)(H,9,10)(H,11,12). The van der Waals surface area contributed by atoms with Crippen LogP contribution in [0.4, 0.5) is 0 Å². The zero-order chi connectivity index (χ0) is 30.6. The number of nitrogens with zero attached hydrogens (tertiary/aromatic N) is 5. The molecule has 0 saturated heterocycles. The molecule has 0 bridgehead atoms. The number of benzene rings is 1. The number of hydrogen-bond acceptors (Lipinski definition) is 8. The van der Waals surface area contributed by atoms with Gasteiger partial charge in [-0.3, -0.25) is 19.5 Å². The SMILES string of the molecule is Cc1cc(C)c(-n2cccn2)c(CN(CCCN(C)C)Cc2ccccn2)c1.O=C(O)CC(O)(CC(=O)O)C(=O)O. The van der Waals surface area contributed by atoms with Crippen molar-refractivity contribution in [2.45, 2.75) is 51.8 Å². The van der Waals surface area contributed by atoms with Gasteiger partial charge < -0.3 is 25.3 Å². The first-order valence-corrected chi connectivity index (χ1v) is 13.1. The summed E-state index contributed by atoms with van der Waals surface area (Å²) in [4.78, 5) is 39.8. The average Bonchev–Trinajstić information content (AvgIpc) is 3.37. The number of carboxylic acids is 3. The first kappa shape index (κ1) is 33.1. The molecular formula is C29H39N5O7. The zero-order valence-corrected chi connectivity index (χ0v) is 23.9. The maximum atomic E-state index is 10.3. The van der Waals surface area contributed by atoms with Gasteiger partial charge >= 0.3 is 17.9 Å². The van der Waals surface area contributed by atoms with Crippen LogP contribution < -0.4 is 0 Å². The lowest BCUT2D eigenvalue weighted by molar-refractivity contribution is -0.170. The fraction of sp³-hybridized carbons (Fsp3) is 0.414. The highest BCUT2D eigenvalue weighted by Gasteiger charge is 2.40. The summed E-state index contributed by atoms with van der Waals surface area (Å²) in [7, 11) is 4.26. The van der Waals surface area contributed by atoms with E-state index in [4.69, 9.17) is 20.4 Å². The van der Waals surface area contributed by atoms with Crippen molar-refractivity contribution in [2.75, 3.05) is 27.2 Å². The third-order valence-electron chi connectivity index (χ3n) is 6.13. The van der Waals surface area contributed by atoms with Crippen molar-refractivity contribution in [2.24, 2.45) is 0 Å². The summed E-state index contributed by atoms with van der Waals surface area (Å²) in [6.07, 6.45) is 4.58. The number of aliphatic carboxylic acids is 3. The Balaban J connectivity index is 0.000000383. The van der Waals surface area contributed by atoms with Crippen LogP contribution in [0.25, 0.3) is 5.69 Å². The smallest absolute Gasteiger partial charge is 0.336 e. The lowest BCUT2D eigenvalue weighted by atomic mass is 9.96. The van der Waals surface area contributed by atoms with Crippen LogP contribution in [0.3, 0.4) is 0 Å². The maximum absolute atomic E-state index is 10.3. The van der Waals surface area contributed by atoms with Crippen LogP contribution in [0.2, 0.25) is 0 Å². The third-order valence-corrected chi connectivity index (χ3v) is 6.13. The molecule has 0 amide bonds. The molecule has 4 N–H and O–H groups in total. The van der Waals surface area contributed by atoms with Crippen LogP contribution >= 0.6 is 0 Å². The molecule has 3 rings (SSSR count). The Labute approximate surface area is 239 Å². The number of aliphatic hydroxyl groups is 1. The first-order valence-electron chi connectivity index (χ1n) is 13.1. The second-order valence-corrected chi connectivity index (χ2v) is 10.2. The molecule has 2 aromatic heterocycles. The van der Waals surface area contributed by atoms with Gasteiger partial charge in [-0.15, -0.1) is 0 Å². The Morgan fingerprint density at radius 1 is 0.927 bits per heavy atom. The van der Waals surface area contributed by atoms with Crippen LogP contribution in [-0.4, -0.2) is 95.7 Å². The molecule has 1 aromatic carbocycles.